The fourth-order valence-electron chi connectivity index (χ4n) is 11.5. The number of aromatic nitrogens is 4. The first-order chi connectivity index (χ1) is 48.1. The second-order valence-corrected chi connectivity index (χ2v) is 35.1. The van der Waals surface area contributed by atoms with Crippen molar-refractivity contribution in [3.8, 4) is 17.4 Å². The number of ether oxygens (including phenoxy) is 2. The van der Waals surface area contributed by atoms with Gasteiger partial charge in [0, 0.05) is 104 Å². The molecule has 0 bridgehead atoms. The maximum absolute atomic E-state index is 12.1. The Morgan fingerprint density at radius 3 is 1.68 bits per heavy atom. The third-order valence-electron chi connectivity index (χ3n) is 17.7. The van der Waals surface area contributed by atoms with Crippen molar-refractivity contribution in [2.45, 2.75) is 245 Å². The van der Waals surface area contributed by atoms with Crippen LogP contribution in [0, 0.1) is 36.0 Å². The summed E-state index contributed by atoms with van der Waals surface area (Å²) in [5.74, 6) is 5.76. The van der Waals surface area contributed by atoms with Crippen LogP contribution in [0.3, 0.4) is 0 Å². The molecule has 2 aliphatic rings. The smallest absolute Gasteiger partial charge is 0.219 e. The number of carbonyl (C=O) groups excluding carboxylic acids is 3. The second-order valence-electron chi connectivity index (χ2n) is 35.1. The van der Waals surface area contributed by atoms with Crippen molar-refractivity contribution < 1.29 is 28.3 Å². The molecular formula is C93H124N4O6. The van der Waals surface area contributed by atoms with Crippen LogP contribution in [0.4, 0.5) is 0 Å². The number of hydrogen-bond donors (Lipinski definition) is 0. The molecule has 0 saturated carbocycles. The number of pyridine rings is 4. The molecule has 0 amide bonds. The number of para-hydroxylation sites is 2. The molecule has 0 fully saturated rings. The lowest BCUT2D eigenvalue weighted by Gasteiger charge is -2.34. The molecule has 1 atom stereocenters. The standard InChI is InChI=1S/C17H19NO.C15H17NO.C15H22O.C13H18O2.C13H18O.C11H17N.C9H13N/c1-17(2,3)15-8-4-6-13(10-15)11-16(19)14-7-5-9-18-12-14;1-15(2,3)12-9-10-14(16-11-12)17-13-7-5-4-6-8-13;1-15(2,3)11-7-10-14(16)12-13-8-5-4-6-9-13;1-8-11-9(14)6-5-7-10(11)15-12(8)13(2,3)4;1-13(2,3)11-8-10-6-4-5-7-12(10)14-9-11;1-9-5-6-10(8-12-9)7-11(2,3)4;1-9(2,3)8-4-6-10-7-5-8/h4-10,12H,11H2,1-3H3;4-11H,1-3H3;4-6,8-9H,7,10-12H2,1-3H3;5-7H2,1-4H3;4-7,11H,8-9H2,1-3H3;5-6,8H,7H2,1-4H3;4-7H,1-3H3. The van der Waals surface area contributed by atoms with Crippen LogP contribution in [-0.2, 0) is 58.6 Å². The number of aryl methyl sites for hydroxylation is 2. The number of benzene rings is 4. The van der Waals surface area contributed by atoms with Gasteiger partial charge in [0.25, 0.3) is 0 Å². The monoisotopic (exact) mass is 1390 g/mol. The van der Waals surface area contributed by atoms with E-state index in [0.717, 1.165) is 96.1 Å². The second kappa shape index (κ2) is 38.8. The van der Waals surface area contributed by atoms with Gasteiger partial charge >= 0.3 is 0 Å². The van der Waals surface area contributed by atoms with Crippen molar-refractivity contribution in [3.05, 3.63) is 268 Å². The van der Waals surface area contributed by atoms with Gasteiger partial charge in [-0.25, -0.2) is 4.98 Å². The summed E-state index contributed by atoms with van der Waals surface area (Å²) in [6.07, 6.45) is 19.4. The topological polar surface area (TPSA) is 134 Å². The molecule has 1 aliphatic heterocycles. The fourth-order valence-corrected chi connectivity index (χ4v) is 11.5. The molecule has 552 valence electrons. The zero-order chi connectivity index (χ0) is 76.4. The normalized spacial score (nSPS) is 13.5. The van der Waals surface area contributed by atoms with E-state index in [2.05, 4.69) is 226 Å². The predicted octanol–water partition coefficient (Wildman–Crippen LogP) is 24.0. The molecule has 0 saturated heterocycles. The Labute approximate surface area is 621 Å². The lowest BCUT2D eigenvalue weighted by molar-refractivity contribution is -0.118. The quantitative estimate of drug-likeness (QED) is 0.115. The molecule has 6 heterocycles. The Balaban J connectivity index is 0.000000218. The number of ketones is 3. The first-order valence-electron chi connectivity index (χ1n) is 37.0. The highest BCUT2D eigenvalue weighted by atomic mass is 16.5. The maximum Gasteiger partial charge on any atom is 0.219 e. The molecule has 1 unspecified atom stereocenters. The van der Waals surface area contributed by atoms with E-state index in [0.29, 0.717) is 65.1 Å². The van der Waals surface area contributed by atoms with Crippen molar-refractivity contribution in [1.29, 1.82) is 0 Å². The van der Waals surface area contributed by atoms with Gasteiger partial charge in [0.1, 0.15) is 28.8 Å². The Kier molecular flexibility index (Phi) is 32.0. The van der Waals surface area contributed by atoms with Gasteiger partial charge in [0.15, 0.2) is 11.6 Å². The molecule has 0 radical (unpaired) electrons. The Morgan fingerprint density at radius 1 is 0.524 bits per heavy atom. The highest BCUT2D eigenvalue weighted by Gasteiger charge is 2.32. The molecular weight excluding hydrogens is 1270 g/mol. The van der Waals surface area contributed by atoms with Crippen LogP contribution in [0.2, 0.25) is 0 Å². The van der Waals surface area contributed by atoms with Gasteiger partial charge in [-0.05, 0) is 166 Å². The minimum absolute atomic E-state index is 0.0122. The first-order valence-corrected chi connectivity index (χ1v) is 37.0. The Bertz CT molecular complexity index is 3980. The Morgan fingerprint density at radius 2 is 1.15 bits per heavy atom. The van der Waals surface area contributed by atoms with E-state index in [4.69, 9.17) is 13.9 Å². The third kappa shape index (κ3) is 31.5. The van der Waals surface area contributed by atoms with E-state index >= 15 is 0 Å². The van der Waals surface area contributed by atoms with Gasteiger partial charge < -0.3 is 13.9 Å². The van der Waals surface area contributed by atoms with Crippen molar-refractivity contribution in [2.75, 3.05) is 6.61 Å². The van der Waals surface area contributed by atoms with Gasteiger partial charge in [-0.15, -0.1) is 0 Å². The highest BCUT2D eigenvalue weighted by Crippen LogP contribution is 2.38. The molecule has 1 aliphatic carbocycles. The van der Waals surface area contributed by atoms with Gasteiger partial charge in [-0.2, -0.15) is 0 Å². The molecule has 11 rings (SSSR count). The maximum atomic E-state index is 12.1. The van der Waals surface area contributed by atoms with E-state index in [9.17, 15) is 14.4 Å². The molecule has 4 aromatic carbocycles. The van der Waals surface area contributed by atoms with E-state index in [-0.39, 0.29) is 33.2 Å². The average molecular weight is 1390 g/mol. The molecule has 9 aromatic rings. The van der Waals surface area contributed by atoms with Crippen LogP contribution < -0.4 is 9.47 Å². The number of hydrogen-bond acceptors (Lipinski definition) is 10. The van der Waals surface area contributed by atoms with Crippen LogP contribution in [-0.4, -0.2) is 43.9 Å². The van der Waals surface area contributed by atoms with E-state index in [1.54, 1.807) is 18.5 Å². The summed E-state index contributed by atoms with van der Waals surface area (Å²) in [4.78, 5) is 52.1. The van der Waals surface area contributed by atoms with E-state index < -0.39 is 0 Å². The number of rotatable bonds is 11. The summed E-state index contributed by atoms with van der Waals surface area (Å²) in [5, 5.41) is 0. The lowest BCUT2D eigenvalue weighted by atomic mass is 9.77. The number of nitrogens with zero attached hydrogens (tertiary/aromatic N) is 4. The van der Waals surface area contributed by atoms with Crippen molar-refractivity contribution in [3.63, 3.8) is 0 Å². The highest BCUT2D eigenvalue weighted by molar-refractivity contribution is 5.99. The van der Waals surface area contributed by atoms with Crippen LogP contribution in [0.5, 0.6) is 17.4 Å². The van der Waals surface area contributed by atoms with Gasteiger partial charge in [0.05, 0.1) is 12.2 Å². The molecule has 10 heteroatoms. The minimum Gasteiger partial charge on any atom is -0.493 e. The largest absolute Gasteiger partial charge is 0.493 e. The SMILES string of the molecule is CC(C)(C)C1COc2ccccc2C1.CC(C)(C)CCCC(=O)Cc1ccccc1.CC(C)(C)c1ccc(Oc2ccccc2)nc1.CC(C)(C)c1cccc(CC(=O)c2cccnc2)c1.CC(C)(C)c1ccncc1.Cc1c(C(C)(C)C)oc2c1C(=O)CCC2.Cc1ccc(CC(C)(C)C)cn1. The van der Waals surface area contributed by atoms with E-state index in [1.165, 1.54) is 27.8 Å². The van der Waals surface area contributed by atoms with Crippen molar-refractivity contribution >= 4 is 17.3 Å². The molecule has 103 heavy (non-hydrogen) atoms. The lowest BCUT2D eigenvalue weighted by Crippen LogP contribution is -2.31. The first kappa shape index (κ1) is 85.0. The van der Waals surface area contributed by atoms with Gasteiger partial charge in [-0.3, -0.25) is 29.3 Å². The van der Waals surface area contributed by atoms with Crippen LogP contribution >= 0.6 is 0 Å². The molecule has 5 aromatic heterocycles. The summed E-state index contributed by atoms with van der Waals surface area (Å²) in [6.45, 7) is 51.1. The summed E-state index contributed by atoms with van der Waals surface area (Å²) < 4.78 is 17.2. The summed E-state index contributed by atoms with van der Waals surface area (Å²) in [5.41, 5.74) is 13.9. The number of Topliss-reactive ketones (excluding diaryl/α,β-unsaturated/α-hetero) is 3. The Hall–Kier alpha value is -8.63. The van der Waals surface area contributed by atoms with Gasteiger partial charge in [0.2, 0.25) is 5.88 Å². The third-order valence-corrected chi connectivity index (χ3v) is 17.7. The van der Waals surface area contributed by atoms with E-state index in [1.807, 2.05) is 130 Å². The molecule has 10 nitrogen and oxygen atoms in total. The van der Waals surface area contributed by atoms with Crippen molar-refractivity contribution in [1.82, 2.24) is 19.9 Å². The molecule has 0 N–H and O–H groups in total. The zero-order valence-corrected chi connectivity index (χ0v) is 67.1. The summed E-state index contributed by atoms with van der Waals surface area (Å²) in [6, 6.07) is 52.2. The minimum atomic E-state index is -0.0122. The predicted molar refractivity (Wildman–Crippen MR) is 428 cm³/mol. The van der Waals surface area contributed by atoms with Crippen LogP contribution in [0.15, 0.2) is 199 Å². The molecule has 0 spiro atoms. The van der Waals surface area contributed by atoms with Crippen LogP contribution in [0.1, 0.15) is 260 Å². The summed E-state index contributed by atoms with van der Waals surface area (Å²) >= 11 is 0. The zero-order valence-electron chi connectivity index (χ0n) is 67.1. The fraction of sp³-hybridized carbons (Fsp3) is 0.452. The van der Waals surface area contributed by atoms with Crippen molar-refractivity contribution in [2.24, 2.45) is 22.2 Å². The number of fused-ring (bicyclic) bond motifs is 2. The number of carbonyl (C=O) groups is 3. The number of furan rings is 1. The average Bonchev–Trinajstić information content (AvgIpc) is 1.69. The summed E-state index contributed by atoms with van der Waals surface area (Å²) in [7, 11) is 0. The van der Waals surface area contributed by atoms with Crippen LogP contribution in [0.25, 0.3) is 0 Å². The van der Waals surface area contributed by atoms with Gasteiger partial charge in [-0.1, -0.05) is 249 Å².